The summed E-state index contributed by atoms with van der Waals surface area (Å²) in [6, 6.07) is 9.45. The van der Waals surface area contributed by atoms with E-state index in [0.29, 0.717) is 6.04 Å². The number of benzene rings is 1. The van der Waals surface area contributed by atoms with Crippen LogP contribution in [-0.4, -0.2) is 12.8 Å². The molecule has 0 saturated carbocycles. The Morgan fingerprint density at radius 1 is 0.950 bits per heavy atom. The molecule has 0 spiro atoms. The molecule has 0 aliphatic rings. The smallest absolute Gasteiger partial charge is 0.0289 e. The van der Waals surface area contributed by atoms with E-state index in [9.17, 15) is 0 Å². The minimum Gasteiger partial charge on any atom is -0.313 e. The first-order valence-corrected chi connectivity index (χ1v) is 9.16. The van der Waals surface area contributed by atoms with Crippen molar-refractivity contribution in [2.24, 2.45) is 0 Å². The predicted octanol–water partition coefficient (Wildman–Crippen LogP) is 5.81. The first-order chi connectivity index (χ1) is 9.77. The van der Waals surface area contributed by atoms with Crippen molar-refractivity contribution in [3.05, 3.63) is 29.8 Å². The van der Waals surface area contributed by atoms with Gasteiger partial charge >= 0.3 is 0 Å². The van der Waals surface area contributed by atoms with Crippen molar-refractivity contribution < 1.29 is 0 Å². The van der Waals surface area contributed by atoms with Crippen molar-refractivity contribution in [1.82, 2.24) is 5.32 Å². The largest absolute Gasteiger partial charge is 0.313 e. The van der Waals surface area contributed by atoms with Crippen molar-refractivity contribution in [3.8, 4) is 0 Å². The minimum absolute atomic E-state index is 0.442. The normalized spacial score (nSPS) is 12.6. The van der Waals surface area contributed by atoms with Crippen molar-refractivity contribution >= 4 is 11.8 Å². The van der Waals surface area contributed by atoms with E-state index in [1.165, 1.54) is 61.2 Å². The van der Waals surface area contributed by atoms with Gasteiger partial charge in [0.2, 0.25) is 0 Å². The highest BCUT2D eigenvalue weighted by Crippen LogP contribution is 2.22. The van der Waals surface area contributed by atoms with Gasteiger partial charge in [-0.1, -0.05) is 57.6 Å². The first kappa shape index (κ1) is 17.6. The maximum absolute atomic E-state index is 3.27. The van der Waals surface area contributed by atoms with E-state index in [-0.39, 0.29) is 0 Å². The summed E-state index contributed by atoms with van der Waals surface area (Å²) in [6.07, 6.45) is 9.77. The molecule has 20 heavy (non-hydrogen) atoms. The fourth-order valence-corrected chi connectivity index (χ4v) is 3.18. The zero-order valence-corrected chi connectivity index (χ0v) is 14.3. The highest BCUT2D eigenvalue weighted by Gasteiger charge is 2.02. The van der Waals surface area contributed by atoms with Crippen molar-refractivity contribution in [2.45, 2.75) is 69.7 Å². The summed E-state index contributed by atoms with van der Waals surface area (Å²) in [5, 5.41) is 3.27. The molecule has 1 rings (SSSR count). The van der Waals surface area contributed by atoms with Crippen LogP contribution < -0.4 is 5.32 Å². The topological polar surface area (TPSA) is 12.0 Å². The molecule has 0 radical (unpaired) electrons. The average molecular weight is 294 g/mol. The van der Waals surface area contributed by atoms with E-state index in [4.69, 9.17) is 0 Å². The van der Waals surface area contributed by atoms with Crippen molar-refractivity contribution in [3.63, 3.8) is 0 Å². The molecule has 0 bridgehead atoms. The van der Waals surface area contributed by atoms with Crippen molar-refractivity contribution in [2.75, 3.05) is 12.8 Å². The van der Waals surface area contributed by atoms with Crippen LogP contribution >= 0.6 is 11.8 Å². The van der Waals surface area contributed by atoms with Gasteiger partial charge in [-0.25, -0.2) is 0 Å². The fourth-order valence-electron chi connectivity index (χ4n) is 2.27. The molecule has 2 heteroatoms. The molecule has 1 N–H and O–H groups in total. The molecule has 1 aromatic rings. The van der Waals surface area contributed by atoms with E-state index in [0.717, 1.165) is 0 Å². The molecule has 0 heterocycles. The van der Waals surface area contributed by atoms with Gasteiger partial charge in [0.25, 0.3) is 0 Å². The second-order valence-corrected chi connectivity index (χ2v) is 6.72. The Hall–Kier alpha value is -0.470. The van der Waals surface area contributed by atoms with Crippen molar-refractivity contribution in [1.29, 1.82) is 0 Å². The van der Waals surface area contributed by atoms with Gasteiger partial charge in [-0.05, 0) is 43.8 Å². The SMILES string of the molecule is CCCCCCCCCSc1ccc(C(C)NC)cc1. The zero-order chi connectivity index (χ0) is 14.6. The van der Waals surface area contributed by atoms with E-state index in [1.807, 2.05) is 18.8 Å². The van der Waals surface area contributed by atoms with Gasteiger partial charge in [-0.3, -0.25) is 0 Å². The van der Waals surface area contributed by atoms with Gasteiger partial charge in [0, 0.05) is 10.9 Å². The summed E-state index contributed by atoms with van der Waals surface area (Å²) >= 11 is 2.00. The molecule has 0 aliphatic heterocycles. The van der Waals surface area contributed by atoms with Gasteiger partial charge < -0.3 is 5.32 Å². The minimum atomic E-state index is 0.442. The third kappa shape index (κ3) is 7.35. The van der Waals surface area contributed by atoms with Gasteiger partial charge in [0.1, 0.15) is 0 Å². The van der Waals surface area contributed by atoms with Gasteiger partial charge in [-0.15, -0.1) is 11.8 Å². The number of hydrogen-bond donors (Lipinski definition) is 1. The summed E-state index contributed by atoms with van der Waals surface area (Å²) < 4.78 is 0. The summed E-state index contributed by atoms with van der Waals surface area (Å²) in [7, 11) is 2.01. The quantitative estimate of drug-likeness (QED) is 0.408. The second kappa shape index (κ2) is 11.2. The molecular weight excluding hydrogens is 262 g/mol. The van der Waals surface area contributed by atoms with Gasteiger partial charge in [0.15, 0.2) is 0 Å². The van der Waals surface area contributed by atoms with Crippen LogP contribution in [0.25, 0.3) is 0 Å². The lowest BCUT2D eigenvalue weighted by Crippen LogP contribution is -2.11. The van der Waals surface area contributed by atoms with Crippen LogP contribution in [0.3, 0.4) is 0 Å². The van der Waals surface area contributed by atoms with Crippen LogP contribution in [0.5, 0.6) is 0 Å². The lowest BCUT2D eigenvalue weighted by Gasteiger charge is -2.11. The third-order valence-electron chi connectivity index (χ3n) is 3.83. The molecule has 1 nitrogen and oxygen atoms in total. The number of thioether (sulfide) groups is 1. The van der Waals surface area contributed by atoms with Crippen LogP contribution in [0, 0.1) is 0 Å². The Morgan fingerprint density at radius 3 is 2.15 bits per heavy atom. The Morgan fingerprint density at radius 2 is 1.55 bits per heavy atom. The standard InChI is InChI=1S/C18H31NS/c1-4-5-6-7-8-9-10-15-20-18-13-11-17(12-14-18)16(2)19-3/h11-14,16,19H,4-10,15H2,1-3H3. The number of hydrogen-bond acceptors (Lipinski definition) is 2. The maximum atomic E-state index is 3.27. The Kier molecular flexibility index (Phi) is 9.86. The molecule has 0 saturated heterocycles. The lowest BCUT2D eigenvalue weighted by atomic mass is 10.1. The molecule has 1 atom stereocenters. The first-order valence-electron chi connectivity index (χ1n) is 8.18. The summed E-state index contributed by atoms with van der Waals surface area (Å²) in [6.45, 7) is 4.47. The number of nitrogens with one attached hydrogen (secondary N) is 1. The molecule has 1 aromatic carbocycles. The summed E-state index contributed by atoms with van der Waals surface area (Å²) in [5.74, 6) is 1.26. The number of rotatable bonds is 11. The lowest BCUT2D eigenvalue weighted by molar-refractivity contribution is 0.603. The zero-order valence-electron chi connectivity index (χ0n) is 13.5. The van der Waals surface area contributed by atoms with Gasteiger partial charge in [0.05, 0.1) is 0 Å². The van der Waals surface area contributed by atoms with Crippen LogP contribution in [0.15, 0.2) is 29.2 Å². The highest BCUT2D eigenvalue weighted by molar-refractivity contribution is 7.99. The fraction of sp³-hybridized carbons (Fsp3) is 0.667. The Labute approximate surface area is 129 Å². The third-order valence-corrected chi connectivity index (χ3v) is 4.93. The van der Waals surface area contributed by atoms with E-state index < -0.39 is 0 Å². The monoisotopic (exact) mass is 293 g/mol. The van der Waals surface area contributed by atoms with Gasteiger partial charge in [-0.2, -0.15) is 0 Å². The number of unbranched alkanes of at least 4 members (excludes halogenated alkanes) is 6. The van der Waals surface area contributed by atoms with Crippen LogP contribution in [-0.2, 0) is 0 Å². The molecule has 0 amide bonds. The molecule has 114 valence electrons. The second-order valence-electron chi connectivity index (χ2n) is 5.55. The molecule has 1 unspecified atom stereocenters. The highest BCUT2D eigenvalue weighted by atomic mass is 32.2. The molecule has 0 aliphatic carbocycles. The van der Waals surface area contributed by atoms with Crippen LogP contribution in [0.1, 0.15) is 70.4 Å². The summed E-state index contributed by atoms with van der Waals surface area (Å²) in [4.78, 5) is 1.41. The maximum Gasteiger partial charge on any atom is 0.0289 e. The molecule has 0 aromatic heterocycles. The predicted molar refractivity (Wildman–Crippen MR) is 92.6 cm³/mol. The molecular formula is C18H31NS. The van der Waals surface area contributed by atoms with E-state index in [1.54, 1.807) is 0 Å². The average Bonchev–Trinajstić information content (AvgIpc) is 2.50. The van der Waals surface area contributed by atoms with E-state index in [2.05, 4.69) is 43.4 Å². The van der Waals surface area contributed by atoms with Crippen LogP contribution in [0.4, 0.5) is 0 Å². The molecule has 0 fully saturated rings. The summed E-state index contributed by atoms with van der Waals surface area (Å²) in [5.41, 5.74) is 1.37. The van der Waals surface area contributed by atoms with E-state index >= 15 is 0 Å². The van der Waals surface area contributed by atoms with Crippen LogP contribution in [0.2, 0.25) is 0 Å². The Bertz CT molecular complexity index is 334. The Balaban J connectivity index is 2.10.